The Bertz CT molecular complexity index is 1350. The number of halogens is 4. The van der Waals surface area contributed by atoms with Gasteiger partial charge in [-0.25, -0.2) is 13.4 Å². The predicted octanol–water partition coefficient (Wildman–Crippen LogP) is 3.34. The van der Waals surface area contributed by atoms with Crippen LogP contribution < -0.4 is 20.9 Å². The van der Waals surface area contributed by atoms with Gasteiger partial charge in [-0.2, -0.15) is 13.2 Å². The van der Waals surface area contributed by atoms with E-state index >= 15 is 0 Å². The molecule has 0 radical (unpaired) electrons. The lowest BCUT2D eigenvalue weighted by molar-refractivity contribution is -0.137. The molecule has 0 unspecified atom stereocenters. The largest absolute Gasteiger partial charge is 0.417 e. The van der Waals surface area contributed by atoms with Crippen LogP contribution >= 0.6 is 22.9 Å². The highest BCUT2D eigenvalue weighted by atomic mass is 35.5. The number of anilines is 1. The Kier molecular flexibility index (Phi) is 9.42. The number of nitrogens with one attached hydrogen (secondary N) is 4. The number of alkyl halides is 3. The predicted molar refractivity (Wildman–Crippen MR) is 130 cm³/mol. The fourth-order valence-electron chi connectivity index (χ4n) is 2.77. The molecule has 0 aliphatic rings. The summed E-state index contributed by atoms with van der Waals surface area (Å²) in [4.78, 5) is 34.2. The summed E-state index contributed by atoms with van der Waals surface area (Å²) in [7, 11) is -4.04. The van der Waals surface area contributed by atoms with E-state index in [4.69, 9.17) is 11.6 Å². The molecule has 3 heterocycles. The molecule has 3 aromatic rings. The molecule has 0 aromatic carbocycles. The lowest BCUT2D eigenvalue weighted by atomic mass is 10.2. The van der Waals surface area contributed by atoms with E-state index in [-0.39, 0.29) is 46.7 Å². The number of thiophene rings is 1. The molecule has 16 heteroatoms. The van der Waals surface area contributed by atoms with Crippen molar-refractivity contribution >= 4 is 50.6 Å². The minimum atomic E-state index is -4.57. The quantitative estimate of drug-likeness (QED) is 0.203. The third-order valence-electron chi connectivity index (χ3n) is 4.59. The monoisotopic (exact) mass is 576 g/mol. The SMILES string of the molecule is O=C(CCCNc1ncc(C(F)(F)F)cc1Cl)NNS(=O)(=O)c1ccc(CNC(=O)c2ccccn2)s1. The number of aromatic nitrogens is 2. The van der Waals surface area contributed by atoms with Crippen molar-refractivity contribution in [1.82, 2.24) is 25.5 Å². The highest BCUT2D eigenvalue weighted by Crippen LogP contribution is 2.32. The minimum Gasteiger partial charge on any atom is -0.369 e. The standard InChI is InChI=1S/C21H20ClF3N6O4S2/c22-15-10-13(21(23,24)25)11-28-19(15)27-9-3-5-17(32)30-31-37(34,35)18-7-6-14(36-18)12-29-20(33)16-4-1-2-8-26-16/h1-2,4,6-8,10-11,31H,3,5,9,12H2,(H,27,28)(H,29,33)(H,30,32). The van der Waals surface area contributed by atoms with Gasteiger partial charge in [0, 0.05) is 30.2 Å². The molecule has 0 fully saturated rings. The Morgan fingerprint density at radius 3 is 2.57 bits per heavy atom. The lowest BCUT2D eigenvalue weighted by Crippen LogP contribution is -2.41. The van der Waals surface area contributed by atoms with Gasteiger partial charge in [0.15, 0.2) is 0 Å². The highest BCUT2D eigenvalue weighted by Gasteiger charge is 2.31. The van der Waals surface area contributed by atoms with Gasteiger partial charge in [-0.05, 0) is 36.8 Å². The van der Waals surface area contributed by atoms with Crippen LogP contribution in [0.25, 0.3) is 0 Å². The molecule has 0 aliphatic heterocycles. The molecule has 0 spiro atoms. The number of hydrazine groups is 1. The van der Waals surface area contributed by atoms with E-state index in [1.54, 1.807) is 18.2 Å². The Morgan fingerprint density at radius 2 is 1.89 bits per heavy atom. The average Bonchev–Trinajstić information content (AvgIpc) is 3.35. The summed E-state index contributed by atoms with van der Waals surface area (Å²) in [6.07, 6.45) is -2.33. The van der Waals surface area contributed by atoms with Gasteiger partial charge in [0.2, 0.25) is 5.91 Å². The van der Waals surface area contributed by atoms with E-state index in [0.717, 1.165) is 17.4 Å². The summed E-state index contributed by atoms with van der Waals surface area (Å²) in [5, 5.41) is 5.13. The molecule has 3 rings (SSSR count). The van der Waals surface area contributed by atoms with Gasteiger partial charge in [-0.15, -0.1) is 16.2 Å². The Labute approximate surface area is 218 Å². The van der Waals surface area contributed by atoms with Crippen molar-refractivity contribution in [1.29, 1.82) is 0 Å². The van der Waals surface area contributed by atoms with Crippen LogP contribution in [0.5, 0.6) is 0 Å². The second kappa shape index (κ2) is 12.3. The topological polar surface area (TPSA) is 142 Å². The second-order valence-electron chi connectivity index (χ2n) is 7.35. The van der Waals surface area contributed by atoms with Crippen molar-refractivity contribution in [2.75, 3.05) is 11.9 Å². The third kappa shape index (κ3) is 8.38. The summed E-state index contributed by atoms with van der Waals surface area (Å²) in [6, 6.07) is 8.50. The minimum absolute atomic E-state index is 0.0282. The number of carbonyl (C=O) groups excluding carboxylic acids is 2. The number of rotatable bonds is 11. The van der Waals surface area contributed by atoms with E-state index < -0.39 is 33.6 Å². The van der Waals surface area contributed by atoms with E-state index in [0.29, 0.717) is 11.1 Å². The molecule has 0 saturated heterocycles. The second-order valence-corrected chi connectivity index (χ2v) is 10.8. The van der Waals surface area contributed by atoms with Crippen molar-refractivity contribution < 1.29 is 31.2 Å². The van der Waals surface area contributed by atoms with Crippen LogP contribution in [0, 0.1) is 0 Å². The van der Waals surface area contributed by atoms with E-state index in [9.17, 15) is 31.2 Å². The van der Waals surface area contributed by atoms with Gasteiger partial charge in [0.05, 0.1) is 17.1 Å². The smallest absolute Gasteiger partial charge is 0.369 e. The van der Waals surface area contributed by atoms with Crippen LogP contribution in [0.15, 0.2) is 53.0 Å². The first-order valence-corrected chi connectivity index (χ1v) is 13.2. The molecule has 0 saturated carbocycles. The van der Waals surface area contributed by atoms with Crippen molar-refractivity contribution in [2.45, 2.75) is 29.8 Å². The zero-order valence-electron chi connectivity index (χ0n) is 18.8. The molecule has 37 heavy (non-hydrogen) atoms. The van der Waals surface area contributed by atoms with Gasteiger partial charge in [-0.1, -0.05) is 17.7 Å². The van der Waals surface area contributed by atoms with Gasteiger partial charge < -0.3 is 10.6 Å². The normalized spacial score (nSPS) is 11.7. The van der Waals surface area contributed by atoms with Crippen molar-refractivity contribution in [3.63, 3.8) is 0 Å². The Hall–Kier alpha value is -3.27. The maximum atomic E-state index is 12.7. The van der Waals surface area contributed by atoms with Crippen LogP contribution in [0.3, 0.4) is 0 Å². The van der Waals surface area contributed by atoms with Gasteiger partial charge in [0.25, 0.3) is 15.9 Å². The molecule has 0 bridgehead atoms. The lowest BCUT2D eigenvalue weighted by Gasteiger charge is -2.11. The van der Waals surface area contributed by atoms with E-state index in [1.165, 1.54) is 18.3 Å². The van der Waals surface area contributed by atoms with Crippen LogP contribution in [-0.4, -0.2) is 36.7 Å². The van der Waals surface area contributed by atoms with Crippen molar-refractivity contribution in [2.24, 2.45) is 0 Å². The molecule has 3 aromatic heterocycles. The first kappa shape index (κ1) is 28.3. The zero-order chi connectivity index (χ0) is 27.1. The van der Waals surface area contributed by atoms with Gasteiger partial charge >= 0.3 is 6.18 Å². The molecule has 0 atom stereocenters. The van der Waals surface area contributed by atoms with Crippen LogP contribution in [0.2, 0.25) is 5.02 Å². The van der Waals surface area contributed by atoms with Crippen LogP contribution in [0.1, 0.15) is 33.8 Å². The molecule has 10 nitrogen and oxygen atoms in total. The molecule has 2 amide bonds. The number of pyridine rings is 2. The molecule has 4 N–H and O–H groups in total. The fourth-order valence-corrected chi connectivity index (χ4v) is 5.16. The maximum absolute atomic E-state index is 12.7. The molecular weight excluding hydrogens is 557 g/mol. The number of nitrogens with zero attached hydrogens (tertiary/aromatic N) is 2. The molecule has 0 aliphatic carbocycles. The third-order valence-corrected chi connectivity index (χ3v) is 7.70. The number of amides is 2. The summed E-state index contributed by atoms with van der Waals surface area (Å²) in [5.74, 6) is -1.01. The first-order valence-electron chi connectivity index (χ1n) is 10.5. The summed E-state index contributed by atoms with van der Waals surface area (Å²) >= 11 is 6.71. The Morgan fingerprint density at radius 1 is 1.11 bits per heavy atom. The zero-order valence-corrected chi connectivity index (χ0v) is 21.2. The average molecular weight is 577 g/mol. The maximum Gasteiger partial charge on any atom is 0.417 e. The van der Waals surface area contributed by atoms with Crippen LogP contribution in [-0.2, 0) is 27.5 Å². The van der Waals surface area contributed by atoms with E-state index in [2.05, 4.69) is 26.0 Å². The highest BCUT2D eigenvalue weighted by molar-refractivity contribution is 7.91. The number of carbonyl (C=O) groups is 2. The molecular formula is C21H20ClF3N6O4S2. The summed E-state index contributed by atoms with van der Waals surface area (Å²) in [5.41, 5.74) is 1.34. The fraction of sp³-hybridized carbons (Fsp3) is 0.238. The van der Waals surface area contributed by atoms with Crippen molar-refractivity contribution in [3.05, 3.63) is 69.9 Å². The Balaban J connectivity index is 1.40. The number of hydrogen-bond acceptors (Lipinski definition) is 8. The van der Waals surface area contributed by atoms with Crippen molar-refractivity contribution in [3.8, 4) is 0 Å². The summed E-state index contributed by atoms with van der Waals surface area (Å²) in [6.45, 7) is 0.240. The first-order chi connectivity index (χ1) is 17.5. The summed E-state index contributed by atoms with van der Waals surface area (Å²) < 4.78 is 62.8. The number of hydrogen-bond donors (Lipinski definition) is 4. The van der Waals surface area contributed by atoms with Gasteiger partial charge in [-0.3, -0.25) is 20.0 Å². The number of sulfonamides is 1. The van der Waals surface area contributed by atoms with E-state index in [1.807, 2.05) is 4.83 Å². The van der Waals surface area contributed by atoms with Gasteiger partial charge in [0.1, 0.15) is 15.7 Å². The molecule has 198 valence electrons. The van der Waals surface area contributed by atoms with Crippen LogP contribution in [0.4, 0.5) is 19.0 Å².